The predicted molar refractivity (Wildman–Crippen MR) is 114 cm³/mol. The van der Waals surface area contributed by atoms with Crippen LogP contribution in [-0.4, -0.2) is 39.5 Å². The van der Waals surface area contributed by atoms with Crippen molar-refractivity contribution in [2.24, 2.45) is 23.5 Å². The SMILES string of the molecule is NC(=O)[C@H]1[C@@H]2C[C@H]3[C@H]1Nc1nc(ncc1F)Nc1cccc(c1)OCCCS[C@@H]3C2. The molecule has 2 aromatic rings. The Bertz CT molecular complexity index is 961. The van der Waals surface area contributed by atoms with Gasteiger partial charge in [-0.3, -0.25) is 4.79 Å². The van der Waals surface area contributed by atoms with Gasteiger partial charge in [-0.05, 0) is 49.0 Å². The summed E-state index contributed by atoms with van der Waals surface area (Å²) >= 11 is 1.92. The van der Waals surface area contributed by atoms with Gasteiger partial charge < -0.3 is 21.1 Å². The van der Waals surface area contributed by atoms with Crippen molar-refractivity contribution in [1.82, 2.24) is 9.97 Å². The zero-order chi connectivity index (χ0) is 20.7. The van der Waals surface area contributed by atoms with E-state index in [0.717, 1.165) is 42.6 Å². The molecule has 7 nitrogen and oxygen atoms in total. The molecule has 6 bridgehead atoms. The van der Waals surface area contributed by atoms with E-state index in [9.17, 15) is 9.18 Å². The van der Waals surface area contributed by atoms with Crippen LogP contribution in [-0.2, 0) is 4.79 Å². The summed E-state index contributed by atoms with van der Waals surface area (Å²) in [5.74, 6) is 1.42. The lowest BCUT2D eigenvalue weighted by molar-refractivity contribution is -0.123. The minimum atomic E-state index is -0.547. The standard InChI is InChI=1S/C21H24FN5O2S/c22-15-10-24-21-25-12-3-1-4-13(9-12)29-5-2-6-30-16-8-11-7-14(16)18(17(11)19(23)28)26-20(15)27-21/h1,3-4,9-11,14,16-18H,2,5-8H2,(H2,23,28)(H2,24,25,26,27)/t11-,14-,16-,17+,18-/m1/s1. The van der Waals surface area contributed by atoms with E-state index in [-0.39, 0.29) is 41.5 Å². The van der Waals surface area contributed by atoms with Gasteiger partial charge in [0, 0.05) is 23.0 Å². The van der Waals surface area contributed by atoms with Gasteiger partial charge in [0.2, 0.25) is 11.9 Å². The molecule has 1 aromatic carbocycles. The number of halogens is 1. The maximum absolute atomic E-state index is 14.5. The van der Waals surface area contributed by atoms with Crippen molar-refractivity contribution < 1.29 is 13.9 Å². The highest BCUT2D eigenvalue weighted by Gasteiger charge is 2.55. The molecule has 2 heterocycles. The highest BCUT2D eigenvalue weighted by Crippen LogP contribution is 2.53. The van der Waals surface area contributed by atoms with E-state index in [2.05, 4.69) is 20.6 Å². The summed E-state index contributed by atoms with van der Waals surface area (Å²) in [4.78, 5) is 20.6. The molecule has 2 fully saturated rings. The Hall–Kier alpha value is -2.55. The van der Waals surface area contributed by atoms with E-state index in [0.29, 0.717) is 11.9 Å². The topological polar surface area (TPSA) is 102 Å². The lowest BCUT2D eigenvalue weighted by atomic mass is 9.83. The number of hydrogen-bond donors (Lipinski definition) is 3. The Morgan fingerprint density at radius 3 is 3.10 bits per heavy atom. The van der Waals surface area contributed by atoms with E-state index in [1.807, 2.05) is 36.0 Å². The highest BCUT2D eigenvalue weighted by atomic mass is 32.2. The number of amides is 1. The number of aromatic nitrogens is 2. The number of benzene rings is 1. The van der Waals surface area contributed by atoms with Crippen molar-refractivity contribution in [3.63, 3.8) is 0 Å². The van der Waals surface area contributed by atoms with E-state index < -0.39 is 5.82 Å². The largest absolute Gasteiger partial charge is 0.493 e. The van der Waals surface area contributed by atoms with Crippen LogP contribution in [0.15, 0.2) is 30.5 Å². The summed E-state index contributed by atoms with van der Waals surface area (Å²) < 4.78 is 20.4. The fourth-order valence-corrected chi connectivity index (χ4v) is 6.56. The normalized spacial score (nSPS) is 30.1. The first-order valence-corrected chi connectivity index (χ1v) is 11.3. The van der Waals surface area contributed by atoms with Crippen molar-refractivity contribution in [3.8, 4) is 5.75 Å². The van der Waals surface area contributed by atoms with Crippen LogP contribution in [0.2, 0.25) is 0 Å². The average molecular weight is 430 g/mol. The lowest BCUT2D eigenvalue weighted by Gasteiger charge is -2.35. The van der Waals surface area contributed by atoms with Gasteiger partial charge in [-0.1, -0.05) is 6.07 Å². The second-order valence-electron chi connectivity index (χ2n) is 8.15. The summed E-state index contributed by atoms with van der Waals surface area (Å²) in [5, 5.41) is 6.74. The van der Waals surface area contributed by atoms with Gasteiger partial charge in [0.25, 0.3) is 0 Å². The van der Waals surface area contributed by atoms with E-state index in [1.54, 1.807) is 0 Å². The number of carbonyl (C=O) groups is 1. The van der Waals surface area contributed by atoms with Gasteiger partial charge >= 0.3 is 0 Å². The van der Waals surface area contributed by atoms with E-state index in [1.165, 1.54) is 0 Å². The van der Waals surface area contributed by atoms with Crippen molar-refractivity contribution in [3.05, 3.63) is 36.3 Å². The molecule has 4 N–H and O–H groups in total. The number of nitrogens with two attached hydrogens (primary N) is 1. The number of fused-ring (bicyclic) bond motifs is 5. The summed E-state index contributed by atoms with van der Waals surface area (Å²) in [5.41, 5.74) is 6.48. The Morgan fingerprint density at radius 2 is 2.23 bits per heavy atom. The van der Waals surface area contributed by atoms with Crippen LogP contribution in [0, 0.1) is 23.6 Å². The Balaban J connectivity index is 1.49. The lowest BCUT2D eigenvalue weighted by Crippen LogP contribution is -2.46. The number of hydrogen-bond acceptors (Lipinski definition) is 7. The first-order chi connectivity index (χ1) is 14.6. The third-order valence-electron chi connectivity index (χ3n) is 6.30. The van der Waals surface area contributed by atoms with Crippen LogP contribution in [0.25, 0.3) is 0 Å². The molecule has 158 valence electrons. The smallest absolute Gasteiger partial charge is 0.229 e. The fourth-order valence-electron chi connectivity index (χ4n) is 5.06. The summed E-state index contributed by atoms with van der Waals surface area (Å²) in [6, 6.07) is 7.31. The number of nitrogens with one attached hydrogen (secondary N) is 2. The molecular weight excluding hydrogens is 405 g/mol. The Kier molecular flexibility index (Phi) is 5.14. The molecule has 2 saturated carbocycles. The molecular formula is C21H24FN5O2S. The van der Waals surface area contributed by atoms with Gasteiger partial charge in [0.15, 0.2) is 11.6 Å². The van der Waals surface area contributed by atoms with Crippen LogP contribution in [0.5, 0.6) is 5.75 Å². The monoisotopic (exact) mass is 429 g/mol. The molecule has 2 aliphatic carbocycles. The van der Waals surface area contributed by atoms with Crippen molar-refractivity contribution in [1.29, 1.82) is 0 Å². The molecule has 0 unspecified atom stereocenters. The molecule has 1 aliphatic heterocycles. The molecule has 5 rings (SSSR count). The number of thioether (sulfide) groups is 1. The predicted octanol–water partition coefficient (Wildman–Crippen LogP) is 3.17. The van der Waals surface area contributed by atoms with Crippen molar-refractivity contribution >= 4 is 35.1 Å². The average Bonchev–Trinajstić information content (AvgIpc) is 3.28. The molecule has 1 aromatic heterocycles. The first-order valence-electron chi connectivity index (χ1n) is 10.3. The minimum absolute atomic E-state index is 0.0968. The zero-order valence-electron chi connectivity index (χ0n) is 16.4. The van der Waals surface area contributed by atoms with Gasteiger partial charge in [-0.15, -0.1) is 0 Å². The number of anilines is 3. The van der Waals surface area contributed by atoms with Gasteiger partial charge in [-0.2, -0.15) is 16.7 Å². The number of nitrogens with zero attached hydrogens (tertiary/aromatic N) is 2. The van der Waals surface area contributed by atoms with E-state index in [4.69, 9.17) is 10.5 Å². The molecule has 30 heavy (non-hydrogen) atoms. The van der Waals surface area contributed by atoms with Crippen LogP contribution in [0.1, 0.15) is 19.3 Å². The summed E-state index contributed by atoms with van der Waals surface area (Å²) in [6.07, 6.45) is 3.98. The fraction of sp³-hybridized carbons (Fsp3) is 0.476. The maximum Gasteiger partial charge on any atom is 0.229 e. The molecule has 3 aliphatic rings. The Morgan fingerprint density at radius 1 is 1.33 bits per heavy atom. The number of primary amides is 1. The third-order valence-corrected chi connectivity index (χ3v) is 7.79. The molecule has 0 spiro atoms. The van der Waals surface area contributed by atoms with Gasteiger partial charge in [-0.25, -0.2) is 9.37 Å². The highest BCUT2D eigenvalue weighted by molar-refractivity contribution is 7.99. The zero-order valence-corrected chi connectivity index (χ0v) is 17.2. The van der Waals surface area contributed by atoms with E-state index >= 15 is 0 Å². The summed E-state index contributed by atoms with van der Waals surface area (Å²) in [6.45, 7) is 0.639. The molecule has 9 heteroatoms. The van der Waals surface area contributed by atoms with Crippen LogP contribution < -0.4 is 21.1 Å². The number of ether oxygens (including phenoxy) is 1. The third kappa shape index (κ3) is 3.66. The van der Waals surface area contributed by atoms with Crippen LogP contribution >= 0.6 is 11.8 Å². The molecule has 0 radical (unpaired) electrons. The second kappa shape index (κ2) is 7.94. The Labute approximate surface area is 178 Å². The van der Waals surface area contributed by atoms with Gasteiger partial charge in [0.05, 0.1) is 18.7 Å². The van der Waals surface area contributed by atoms with Crippen LogP contribution in [0.3, 0.4) is 0 Å². The number of carbonyl (C=O) groups excluding carboxylic acids is 1. The maximum atomic E-state index is 14.5. The van der Waals surface area contributed by atoms with Crippen molar-refractivity contribution in [2.45, 2.75) is 30.6 Å². The first kappa shape index (κ1) is 19.4. The minimum Gasteiger partial charge on any atom is -0.493 e. The molecule has 1 amide bonds. The quantitative estimate of drug-likeness (QED) is 0.640. The summed E-state index contributed by atoms with van der Waals surface area (Å²) in [7, 11) is 0. The molecule has 0 saturated heterocycles. The second-order valence-corrected chi connectivity index (χ2v) is 9.49. The van der Waals surface area contributed by atoms with Gasteiger partial charge in [0.1, 0.15) is 5.75 Å². The van der Waals surface area contributed by atoms with Crippen LogP contribution in [0.4, 0.5) is 21.8 Å². The molecule has 5 atom stereocenters. The number of rotatable bonds is 1. The van der Waals surface area contributed by atoms with Crippen molar-refractivity contribution in [2.75, 3.05) is 23.0 Å².